The Kier molecular flexibility index (Phi) is 11.8. The smallest absolute Gasteiger partial charge is 0.193 e. The van der Waals surface area contributed by atoms with Crippen LogP contribution in [-0.2, 0) is 25.7 Å². The lowest BCUT2D eigenvalue weighted by Crippen LogP contribution is -2.10. The van der Waals surface area contributed by atoms with E-state index in [-0.39, 0.29) is 5.78 Å². The second-order valence-electron chi connectivity index (χ2n) is 11.0. The van der Waals surface area contributed by atoms with Crippen molar-refractivity contribution in [3.63, 3.8) is 0 Å². The van der Waals surface area contributed by atoms with E-state index in [1.165, 1.54) is 47.9 Å². The maximum absolute atomic E-state index is 14.3. The maximum atomic E-state index is 14.3. The number of ketones is 1. The molecule has 42 heavy (non-hydrogen) atoms. The Hall–Kier alpha value is -3.85. The van der Waals surface area contributed by atoms with E-state index in [0.717, 1.165) is 35.5 Å². The largest absolute Gasteiger partial charge is 0.494 e. The molecule has 3 nitrogen and oxygen atoms in total. The SMILES string of the molecule is CCCCc1ccc(Cc2cc(OCC)ccc2C(=O)c2ccc(OCC)cc2Cc2ccc(CCCC)cc2)cc1. The molecule has 0 aliphatic rings. The molecule has 0 heterocycles. The van der Waals surface area contributed by atoms with Crippen LogP contribution in [0.3, 0.4) is 0 Å². The monoisotopic (exact) mass is 562 g/mol. The number of hydrogen-bond acceptors (Lipinski definition) is 3. The summed E-state index contributed by atoms with van der Waals surface area (Å²) in [7, 11) is 0. The molecular formula is C39H46O3. The van der Waals surface area contributed by atoms with Crippen LogP contribution in [-0.4, -0.2) is 19.0 Å². The molecule has 0 bridgehead atoms. The van der Waals surface area contributed by atoms with Gasteiger partial charge in [0.05, 0.1) is 13.2 Å². The summed E-state index contributed by atoms with van der Waals surface area (Å²) in [6, 6.07) is 29.4. The van der Waals surface area contributed by atoms with E-state index in [1.54, 1.807) is 0 Å². The van der Waals surface area contributed by atoms with Crippen molar-refractivity contribution in [3.8, 4) is 11.5 Å². The van der Waals surface area contributed by atoms with Gasteiger partial charge < -0.3 is 9.47 Å². The van der Waals surface area contributed by atoms with Crippen LogP contribution >= 0.6 is 0 Å². The highest BCUT2D eigenvalue weighted by atomic mass is 16.5. The molecule has 3 heteroatoms. The zero-order valence-corrected chi connectivity index (χ0v) is 25.9. The van der Waals surface area contributed by atoms with Crippen LogP contribution in [0, 0.1) is 0 Å². The third kappa shape index (κ3) is 8.58. The van der Waals surface area contributed by atoms with Crippen molar-refractivity contribution < 1.29 is 14.3 Å². The molecule has 0 unspecified atom stereocenters. The van der Waals surface area contributed by atoms with E-state index < -0.39 is 0 Å². The first-order valence-corrected chi connectivity index (χ1v) is 15.8. The first kappa shape index (κ1) is 31.1. The number of benzene rings is 4. The van der Waals surface area contributed by atoms with Crippen LogP contribution < -0.4 is 9.47 Å². The van der Waals surface area contributed by atoms with Gasteiger partial charge in [-0.15, -0.1) is 0 Å². The van der Waals surface area contributed by atoms with Crippen LogP contribution in [0.5, 0.6) is 11.5 Å². The lowest BCUT2D eigenvalue weighted by Gasteiger charge is -2.16. The quantitative estimate of drug-likeness (QED) is 0.128. The van der Waals surface area contributed by atoms with Gasteiger partial charge in [0.1, 0.15) is 11.5 Å². The van der Waals surface area contributed by atoms with E-state index in [2.05, 4.69) is 62.4 Å². The van der Waals surface area contributed by atoms with Gasteiger partial charge in [-0.3, -0.25) is 4.79 Å². The fraction of sp³-hybridized carbons (Fsp3) is 0.359. The molecule has 0 spiro atoms. The first-order chi connectivity index (χ1) is 20.5. The molecule has 220 valence electrons. The predicted octanol–water partition coefficient (Wildman–Crippen LogP) is 9.58. The summed E-state index contributed by atoms with van der Waals surface area (Å²) >= 11 is 0. The van der Waals surface area contributed by atoms with E-state index in [4.69, 9.17) is 9.47 Å². The Morgan fingerprint density at radius 3 is 1.26 bits per heavy atom. The summed E-state index contributed by atoms with van der Waals surface area (Å²) in [4.78, 5) is 14.3. The molecule has 0 saturated carbocycles. The highest BCUT2D eigenvalue weighted by molar-refractivity contribution is 6.11. The van der Waals surface area contributed by atoms with E-state index >= 15 is 0 Å². The van der Waals surface area contributed by atoms with Crippen molar-refractivity contribution in [1.82, 2.24) is 0 Å². The third-order valence-electron chi connectivity index (χ3n) is 7.74. The zero-order valence-electron chi connectivity index (χ0n) is 25.9. The summed E-state index contributed by atoms with van der Waals surface area (Å²) < 4.78 is 11.7. The average Bonchev–Trinajstić information content (AvgIpc) is 3.01. The van der Waals surface area contributed by atoms with Crippen LogP contribution in [0.2, 0.25) is 0 Å². The lowest BCUT2D eigenvalue weighted by molar-refractivity contribution is 0.103. The first-order valence-electron chi connectivity index (χ1n) is 15.8. The Labute approximate surface area is 252 Å². The highest BCUT2D eigenvalue weighted by Gasteiger charge is 2.19. The Morgan fingerprint density at radius 1 is 0.524 bits per heavy atom. The molecule has 0 N–H and O–H groups in total. The van der Waals surface area contributed by atoms with Crippen LogP contribution in [0.25, 0.3) is 0 Å². The van der Waals surface area contributed by atoms with Crippen LogP contribution in [0.4, 0.5) is 0 Å². The van der Waals surface area contributed by atoms with Gasteiger partial charge in [0.15, 0.2) is 5.78 Å². The van der Waals surface area contributed by atoms with Gasteiger partial charge in [-0.05, 0) is 122 Å². The van der Waals surface area contributed by atoms with Gasteiger partial charge >= 0.3 is 0 Å². The van der Waals surface area contributed by atoms with Gasteiger partial charge in [-0.1, -0.05) is 75.2 Å². The van der Waals surface area contributed by atoms with Crippen molar-refractivity contribution in [2.45, 2.75) is 79.1 Å². The number of ether oxygens (including phenoxy) is 2. The molecule has 0 radical (unpaired) electrons. The minimum Gasteiger partial charge on any atom is -0.494 e. The number of unbranched alkanes of at least 4 members (excludes halogenated alkanes) is 2. The van der Waals surface area contributed by atoms with Crippen LogP contribution in [0.15, 0.2) is 84.9 Å². The number of aryl methyl sites for hydroxylation is 2. The number of carbonyl (C=O) groups is 1. The van der Waals surface area contributed by atoms with E-state index in [0.29, 0.717) is 37.2 Å². The molecule has 0 atom stereocenters. The maximum Gasteiger partial charge on any atom is 0.193 e. The normalized spacial score (nSPS) is 11.0. The Bertz CT molecular complexity index is 1310. The highest BCUT2D eigenvalue weighted by Crippen LogP contribution is 2.28. The molecular weight excluding hydrogens is 516 g/mol. The average molecular weight is 563 g/mol. The van der Waals surface area contributed by atoms with Crippen molar-refractivity contribution in [1.29, 1.82) is 0 Å². The van der Waals surface area contributed by atoms with E-state index in [1.807, 2.05) is 50.2 Å². The van der Waals surface area contributed by atoms with E-state index in [9.17, 15) is 4.79 Å². The Balaban J connectivity index is 1.66. The van der Waals surface area contributed by atoms with Gasteiger partial charge in [-0.25, -0.2) is 0 Å². The van der Waals surface area contributed by atoms with Crippen molar-refractivity contribution >= 4 is 5.78 Å². The van der Waals surface area contributed by atoms with Crippen molar-refractivity contribution in [2.75, 3.05) is 13.2 Å². The molecule has 4 rings (SSSR count). The number of rotatable bonds is 16. The topological polar surface area (TPSA) is 35.5 Å². The molecule has 0 aromatic heterocycles. The fourth-order valence-electron chi connectivity index (χ4n) is 5.38. The lowest BCUT2D eigenvalue weighted by atomic mass is 9.89. The second-order valence-corrected chi connectivity index (χ2v) is 11.0. The van der Waals surface area contributed by atoms with Gasteiger partial charge in [-0.2, -0.15) is 0 Å². The Morgan fingerprint density at radius 2 is 0.905 bits per heavy atom. The summed E-state index contributed by atoms with van der Waals surface area (Å²) in [5.74, 6) is 1.61. The summed E-state index contributed by atoms with van der Waals surface area (Å²) in [5, 5.41) is 0. The molecule has 4 aromatic carbocycles. The second kappa shape index (κ2) is 16.0. The summed E-state index contributed by atoms with van der Waals surface area (Å²) in [6.45, 7) is 9.57. The summed E-state index contributed by atoms with van der Waals surface area (Å²) in [5.41, 5.74) is 8.48. The predicted molar refractivity (Wildman–Crippen MR) is 174 cm³/mol. The molecule has 0 amide bonds. The van der Waals surface area contributed by atoms with Crippen molar-refractivity contribution in [3.05, 3.63) is 129 Å². The molecule has 0 aliphatic carbocycles. The summed E-state index contributed by atoms with van der Waals surface area (Å²) in [6.07, 6.45) is 8.31. The third-order valence-corrected chi connectivity index (χ3v) is 7.74. The van der Waals surface area contributed by atoms with Crippen molar-refractivity contribution in [2.24, 2.45) is 0 Å². The van der Waals surface area contributed by atoms with Gasteiger partial charge in [0, 0.05) is 11.1 Å². The minimum atomic E-state index is 0.0326. The minimum absolute atomic E-state index is 0.0326. The number of carbonyl (C=O) groups excluding carboxylic acids is 1. The molecule has 0 saturated heterocycles. The molecule has 4 aromatic rings. The van der Waals surface area contributed by atoms with Gasteiger partial charge in [0.25, 0.3) is 0 Å². The zero-order chi connectivity index (χ0) is 29.7. The van der Waals surface area contributed by atoms with Crippen LogP contribution in [0.1, 0.15) is 103 Å². The van der Waals surface area contributed by atoms with Gasteiger partial charge in [0.2, 0.25) is 0 Å². The fourth-order valence-corrected chi connectivity index (χ4v) is 5.38. The standard InChI is InChI=1S/C39H46O3/c1-5-9-11-29-13-17-31(18-14-29)25-33-27-35(41-7-3)21-23-37(33)39(40)38-24-22-36(42-8-4)28-34(38)26-32-19-15-30(16-20-32)12-10-6-2/h13-24,27-28H,5-12,25-26H2,1-4H3. The molecule has 0 fully saturated rings. The molecule has 0 aliphatic heterocycles. The number of hydrogen-bond donors (Lipinski definition) is 0.